The van der Waals surface area contributed by atoms with Gasteiger partial charge in [-0.25, -0.2) is 0 Å². The van der Waals surface area contributed by atoms with Crippen LogP contribution in [0.15, 0.2) is 48.5 Å². The first-order valence-corrected chi connectivity index (χ1v) is 9.54. The van der Waals surface area contributed by atoms with E-state index >= 15 is 0 Å². The van der Waals surface area contributed by atoms with Crippen LogP contribution in [0, 0.1) is 0 Å². The Kier molecular flexibility index (Phi) is 7.11. The van der Waals surface area contributed by atoms with E-state index in [1.807, 2.05) is 0 Å². The van der Waals surface area contributed by atoms with Gasteiger partial charge in [-0.15, -0.1) is 0 Å². The molecule has 0 aliphatic carbocycles. The monoisotopic (exact) mass is 462 g/mol. The zero-order chi connectivity index (χ0) is 23.5. The van der Waals surface area contributed by atoms with Gasteiger partial charge in [-0.3, -0.25) is 9.69 Å². The molecular weight excluding hydrogens is 442 g/mol. The summed E-state index contributed by atoms with van der Waals surface area (Å²) in [5.74, 6) is -0.598. The minimum absolute atomic E-state index is 0.0575. The summed E-state index contributed by atoms with van der Waals surface area (Å²) in [5, 5.41) is 0. The number of carbonyl (C=O) groups excluding carboxylic acids is 1. The van der Waals surface area contributed by atoms with Gasteiger partial charge in [-0.1, -0.05) is 30.3 Å². The van der Waals surface area contributed by atoms with E-state index in [1.54, 1.807) is 35.2 Å². The van der Waals surface area contributed by atoms with Crippen LogP contribution in [0.4, 0.5) is 26.3 Å². The van der Waals surface area contributed by atoms with E-state index < -0.39 is 48.3 Å². The molecule has 1 heterocycles. The van der Waals surface area contributed by atoms with Gasteiger partial charge in [0.15, 0.2) is 6.29 Å². The molecule has 2 N–H and O–H groups in total. The smallest absolute Gasteiger partial charge is 0.369 e. The number of nitrogens with zero attached hydrogens (tertiary/aromatic N) is 1. The van der Waals surface area contributed by atoms with E-state index in [0.29, 0.717) is 24.2 Å². The highest BCUT2D eigenvalue weighted by Gasteiger charge is 2.38. The lowest BCUT2D eigenvalue weighted by atomic mass is 10.0. The van der Waals surface area contributed by atoms with Crippen molar-refractivity contribution < 1.29 is 40.6 Å². The van der Waals surface area contributed by atoms with Crippen LogP contribution in [0.5, 0.6) is 0 Å². The maximum Gasteiger partial charge on any atom is 0.416 e. The van der Waals surface area contributed by atoms with Gasteiger partial charge in [-0.05, 0) is 29.3 Å². The molecule has 174 valence electrons. The van der Waals surface area contributed by atoms with Crippen LogP contribution < -0.4 is 5.73 Å². The highest BCUT2D eigenvalue weighted by Crippen LogP contribution is 2.37. The molecule has 2 unspecified atom stereocenters. The van der Waals surface area contributed by atoms with Gasteiger partial charge < -0.3 is 15.2 Å². The molecule has 0 bridgehead atoms. The molecule has 1 aliphatic heterocycles. The van der Waals surface area contributed by atoms with Gasteiger partial charge in [0, 0.05) is 6.54 Å². The lowest BCUT2D eigenvalue weighted by Gasteiger charge is -2.40. The SMILES string of the molecule is NC(=O)CN1CCOC(OCc2cc(C(F)(F)F)cc(C(F)(F)F)c2)C1c1ccccc1. The van der Waals surface area contributed by atoms with Gasteiger partial charge >= 0.3 is 12.4 Å². The number of hydrogen-bond donors (Lipinski definition) is 1. The Labute approximate surface area is 179 Å². The van der Waals surface area contributed by atoms with E-state index in [1.165, 1.54) is 0 Å². The second-order valence-corrected chi connectivity index (χ2v) is 7.26. The number of carbonyl (C=O) groups is 1. The van der Waals surface area contributed by atoms with Crippen molar-refractivity contribution in [2.75, 3.05) is 19.7 Å². The van der Waals surface area contributed by atoms with Crippen LogP contribution in [-0.4, -0.2) is 36.8 Å². The average molecular weight is 462 g/mol. The number of amides is 1. The topological polar surface area (TPSA) is 64.8 Å². The minimum atomic E-state index is -4.96. The fourth-order valence-electron chi connectivity index (χ4n) is 3.50. The van der Waals surface area contributed by atoms with E-state index in [0.717, 1.165) is 0 Å². The first kappa shape index (κ1) is 24.0. The summed E-state index contributed by atoms with van der Waals surface area (Å²) >= 11 is 0. The molecule has 3 rings (SSSR count). The third-order valence-corrected chi connectivity index (χ3v) is 4.87. The summed E-state index contributed by atoms with van der Waals surface area (Å²) in [4.78, 5) is 13.2. The normalized spacial score (nSPS) is 20.3. The number of alkyl halides is 6. The molecule has 0 saturated carbocycles. The maximum absolute atomic E-state index is 13.1. The van der Waals surface area contributed by atoms with Crippen LogP contribution in [0.2, 0.25) is 0 Å². The number of benzene rings is 2. The zero-order valence-corrected chi connectivity index (χ0v) is 16.6. The molecule has 1 saturated heterocycles. The van der Waals surface area contributed by atoms with Crippen LogP contribution in [0.1, 0.15) is 28.3 Å². The van der Waals surface area contributed by atoms with Crippen molar-refractivity contribution in [1.82, 2.24) is 4.90 Å². The first-order valence-electron chi connectivity index (χ1n) is 9.54. The molecule has 11 heteroatoms. The van der Waals surface area contributed by atoms with Crippen molar-refractivity contribution >= 4 is 5.91 Å². The van der Waals surface area contributed by atoms with Gasteiger partial charge in [0.2, 0.25) is 5.91 Å². The maximum atomic E-state index is 13.1. The Hall–Kier alpha value is -2.63. The molecule has 5 nitrogen and oxygen atoms in total. The van der Waals surface area contributed by atoms with E-state index in [2.05, 4.69) is 0 Å². The van der Waals surface area contributed by atoms with Gasteiger partial charge in [0.25, 0.3) is 0 Å². The molecule has 2 atom stereocenters. The molecule has 1 fully saturated rings. The lowest BCUT2D eigenvalue weighted by Crippen LogP contribution is -2.49. The quantitative estimate of drug-likeness (QED) is 0.656. The zero-order valence-electron chi connectivity index (χ0n) is 16.6. The van der Waals surface area contributed by atoms with Gasteiger partial charge in [0.1, 0.15) is 0 Å². The summed E-state index contributed by atoms with van der Waals surface area (Å²) < 4.78 is 89.9. The third kappa shape index (κ3) is 5.99. The second kappa shape index (κ2) is 9.47. The minimum Gasteiger partial charge on any atom is -0.369 e. The van der Waals surface area contributed by atoms with E-state index in [9.17, 15) is 31.1 Å². The Morgan fingerprint density at radius 1 is 1.03 bits per heavy atom. The van der Waals surface area contributed by atoms with E-state index in [4.69, 9.17) is 15.2 Å². The van der Waals surface area contributed by atoms with Crippen molar-refractivity contribution in [2.24, 2.45) is 5.73 Å². The fraction of sp³-hybridized carbons (Fsp3) is 0.381. The number of morpholine rings is 1. The van der Waals surface area contributed by atoms with E-state index in [-0.39, 0.29) is 24.8 Å². The number of hydrogen-bond acceptors (Lipinski definition) is 4. The third-order valence-electron chi connectivity index (χ3n) is 4.87. The predicted molar refractivity (Wildman–Crippen MR) is 101 cm³/mol. The highest BCUT2D eigenvalue weighted by molar-refractivity contribution is 5.76. The molecule has 0 aromatic heterocycles. The first-order chi connectivity index (χ1) is 14.9. The van der Waals surface area contributed by atoms with Crippen molar-refractivity contribution in [1.29, 1.82) is 0 Å². The van der Waals surface area contributed by atoms with Crippen molar-refractivity contribution in [2.45, 2.75) is 31.3 Å². The molecule has 0 spiro atoms. The largest absolute Gasteiger partial charge is 0.416 e. The number of ether oxygens (including phenoxy) is 2. The van der Waals surface area contributed by atoms with Gasteiger partial charge in [-0.2, -0.15) is 26.3 Å². The number of primary amides is 1. The molecule has 0 radical (unpaired) electrons. The highest BCUT2D eigenvalue weighted by atomic mass is 19.4. The number of halogens is 6. The van der Waals surface area contributed by atoms with Crippen molar-refractivity contribution in [3.63, 3.8) is 0 Å². The summed E-state index contributed by atoms with van der Waals surface area (Å²) in [7, 11) is 0. The summed E-state index contributed by atoms with van der Waals surface area (Å²) in [5.41, 5.74) is 2.84. The van der Waals surface area contributed by atoms with Crippen LogP contribution in [0.25, 0.3) is 0 Å². The van der Waals surface area contributed by atoms with Crippen molar-refractivity contribution in [3.05, 3.63) is 70.8 Å². The van der Waals surface area contributed by atoms with Crippen molar-refractivity contribution in [3.8, 4) is 0 Å². The Bertz CT molecular complexity index is 901. The molecule has 1 amide bonds. The Morgan fingerprint density at radius 2 is 1.62 bits per heavy atom. The Balaban J connectivity index is 1.87. The number of nitrogens with two attached hydrogens (primary N) is 1. The van der Waals surface area contributed by atoms with Crippen LogP contribution in [-0.2, 0) is 33.2 Å². The van der Waals surface area contributed by atoms with Gasteiger partial charge in [0.05, 0.1) is 36.9 Å². The summed E-state index contributed by atoms with van der Waals surface area (Å²) in [6.45, 7) is -0.211. The molecule has 32 heavy (non-hydrogen) atoms. The molecule has 2 aromatic carbocycles. The fourth-order valence-corrected chi connectivity index (χ4v) is 3.50. The molecule has 2 aromatic rings. The molecule has 1 aliphatic rings. The van der Waals surface area contributed by atoms with Crippen LogP contribution >= 0.6 is 0 Å². The average Bonchev–Trinajstić information content (AvgIpc) is 2.71. The van der Waals surface area contributed by atoms with Crippen LogP contribution in [0.3, 0.4) is 0 Å². The summed E-state index contributed by atoms with van der Waals surface area (Å²) in [6.07, 6.45) is -11.0. The lowest BCUT2D eigenvalue weighted by molar-refractivity contribution is -0.216. The second-order valence-electron chi connectivity index (χ2n) is 7.26. The standard InChI is InChI=1S/C21H20F6N2O3/c22-20(23,24)15-8-13(9-16(10-15)21(25,26)27)12-32-19-18(14-4-2-1-3-5-14)29(6-7-31-19)11-17(28)30/h1-5,8-10,18-19H,6-7,11-12H2,(H2,28,30). The molecular formula is C21H20F6N2O3. The number of rotatable bonds is 6. The Morgan fingerprint density at radius 3 is 2.16 bits per heavy atom. The summed E-state index contributed by atoms with van der Waals surface area (Å²) in [6, 6.07) is 9.38. The predicted octanol–water partition coefficient (Wildman–Crippen LogP) is 4.13.